The lowest BCUT2D eigenvalue weighted by molar-refractivity contribution is 0.105. The van der Waals surface area contributed by atoms with Crippen LogP contribution in [0.2, 0.25) is 0 Å². The third-order valence-electron chi connectivity index (χ3n) is 3.73. The summed E-state index contributed by atoms with van der Waals surface area (Å²) in [7, 11) is 0. The Balaban J connectivity index is 2.02. The highest BCUT2D eigenvalue weighted by Gasteiger charge is 2.50. The van der Waals surface area contributed by atoms with E-state index in [2.05, 4.69) is 11.2 Å². The van der Waals surface area contributed by atoms with Gasteiger partial charge >= 0.3 is 0 Å². The third-order valence-corrected chi connectivity index (χ3v) is 4.73. The normalized spacial score (nSPS) is 36.8. The van der Waals surface area contributed by atoms with Crippen LogP contribution in [-0.4, -0.2) is 28.2 Å². The van der Waals surface area contributed by atoms with Crippen LogP contribution < -0.4 is 0 Å². The Labute approximate surface area is 77.6 Å². The first kappa shape index (κ1) is 8.85. The van der Waals surface area contributed by atoms with Crippen LogP contribution in [0, 0.1) is 11.3 Å². The van der Waals surface area contributed by atoms with Gasteiger partial charge in [0.25, 0.3) is 0 Å². The quantitative estimate of drug-likeness (QED) is 0.580. The maximum absolute atomic E-state index is 11.3. The van der Waals surface area contributed by atoms with Gasteiger partial charge in [0.2, 0.25) is 0 Å². The molecule has 1 aliphatic carbocycles. The van der Waals surface area contributed by atoms with Crippen molar-refractivity contribution in [3.8, 4) is 0 Å². The maximum atomic E-state index is 11.3. The van der Waals surface area contributed by atoms with E-state index in [1.807, 2.05) is 0 Å². The van der Waals surface area contributed by atoms with Crippen molar-refractivity contribution in [1.29, 1.82) is 0 Å². The van der Waals surface area contributed by atoms with Crippen molar-refractivity contribution >= 4 is 11.4 Å². The summed E-state index contributed by atoms with van der Waals surface area (Å²) in [6.45, 7) is 4.44. The molecular formula is C9H17NOS. The molecule has 0 aromatic carbocycles. The highest BCUT2D eigenvalue weighted by atomic mass is 32.2. The number of nitrogens with zero attached hydrogens (tertiary/aromatic N) is 1. The molecule has 3 heteroatoms. The van der Waals surface area contributed by atoms with Gasteiger partial charge in [0.1, 0.15) is 6.26 Å². The van der Waals surface area contributed by atoms with Crippen molar-refractivity contribution in [2.75, 3.05) is 19.3 Å². The maximum Gasteiger partial charge on any atom is 0.115 e. The van der Waals surface area contributed by atoms with Gasteiger partial charge in [0.05, 0.1) is 6.54 Å². The first-order valence-electron chi connectivity index (χ1n) is 4.72. The Hall–Kier alpha value is 0.270. The van der Waals surface area contributed by atoms with Gasteiger partial charge < -0.3 is 4.55 Å². The van der Waals surface area contributed by atoms with Crippen LogP contribution in [0.1, 0.15) is 26.2 Å². The topological polar surface area (TPSA) is 26.3 Å². The summed E-state index contributed by atoms with van der Waals surface area (Å²) in [5.41, 5.74) is 0.561. The first-order valence-corrected chi connectivity index (χ1v) is 6.24. The van der Waals surface area contributed by atoms with Crippen molar-refractivity contribution in [2.45, 2.75) is 26.2 Å². The lowest BCUT2D eigenvalue weighted by Gasteiger charge is -2.41. The van der Waals surface area contributed by atoms with E-state index in [0.717, 1.165) is 19.0 Å². The molecule has 12 heavy (non-hydrogen) atoms. The number of rotatable bonds is 1. The molecule has 0 N–H and O–H groups in total. The molecule has 2 rings (SSSR count). The molecule has 2 unspecified atom stereocenters. The van der Waals surface area contributed by atoms with Crippen molar-refractivity contribution in [1.82, 2.24) is 4.31 Å². The lowest BCUT2D eigenvalue weighted by atomic mass is 9.63. The average molecular weight is 187 g/mol. The van der Waals surface area contributed by atoms with Crippen LogP contribution in [0.4, 0.5) is 0 Å². The highest BCUT2D eigenvalue weighted by Crippen LogP contribution is 2.51. The van der Waals surface area contributed by atoms with Crippen LogP contribution in [0.15, 0.2) is 0 Å². The van der Waals surface area contributed by atoms with E-state index in [-0.39, 0.29) is 0 Å². The Morgan fingerprint density at radius 2 is 2.17 bits per heavy atom. The van der Waals surface area contributed by atoms with Crippen LogP contribution in [-0.2, 0) is 11.4 Å². The fourth-order valence-electron chi connectivity index (χ4n) is 2.55. The summed E-state index contributed by atoms with van der Waals surface area (Å²) >= 11 is -0.743. The van der Waals surface area contributed by atoms with Crippen molar-refractivity contribution < 1.29 is 4.55 Å². The lowest BCUT2D eigenvalue weighted by Crippen LogP contribution is -2.37. The monoisotopic (exact) mass is 187 g/mol. The zero-order chi connectivity index (χ0) is 8.77. The van der Waals surface area contributed by atoms with E-state index >= 15 is 0 Å². The smallest absolute Gasteiger partial charge is 0.115 e. The van der Waals surface area contributed by atoms with E-state index in [1.54, 1.807) is 6.26 Å². The van der Waals surface area contributed by atoms with Crippen molar-refractivity contribution in [2.24, 2.45) is 11.3 Å². The molecule has 0 bridgehead atoms. The van der Waals surface area contributed by atoms with Gasteiger partial charge in [0.15, 0.2) is 0 Å². The van der Waals surface area contributed by atoms with E-state index < -0.39 is 11.4 Å². The molecule has 2 nitrogen and oxygen atoms in total. The second-order valence-corrected chi connectivity index (χ2v) is 5.73. The van der Waals surface area contributed by atoms with E-state index in [0.29, 0.717) is 5.41 Å². The Kier molecular flexibility index (Phi) is 2.13. The molecule has 0 radical (unpaired) electrons. The van der Waals surface area contributed by atoms with Crippen LogP contribution in [0.5, 0.6) is 0 Å². The first-order chi connectivity index (χ1) is 5.64. The molecule has 1 spiro atoms. The summed E-state index contributed by atoms with van der Waals surface area (Å²) in [5, 5.41) is 0. The minimum atomic E-state index is -0.743. The second kappa shape index (κ2) is 2.89. The molecule has 1 saturated carbocycles. The van der Waals surface area contributed by atoms with E-state index in [1.165, 1.54) is 19.3 Å². The largest absolute Gasteiger partial charge is 0.598 e. The minimum Gasteiger partial charge on any atom is -0.598 e. The van der Waals surface area contributed by atoms with E-state index in [9.17, 15) is 4.55 Å². The van der Waals surface area contributed by atoms with Gasteiger partial charge in [-0.1, -0.05) is 13.3 Å². The van der Waals surface area contributed by atoms with Crippen molar-refractivity contribution in [3.63, 3.8) is 0 Å². The molecule has 0 aromatic heterocycles. The molecule has 0 aromatic rings. The minimum absolute atomic E-state index is 0.561. The second-order valence-electron chi connectivity index (χ2n) is 4.36. The third kappa shape index (κ3) is 1.19. The zero-order valence-electron chi connectivity index (χ0n) is 7.88. The summed E-state index contributed by atoms with van der Waals surface area (Å²) in [4.78, 5) is 0. The van der Waals surface area contributed by atoms with Gasteiger partial charge in [-0.3, -0.25) is 0 Å². The fraction of sp³-hybridized carbons (Fsp3) is 1.00. The van der Waals surface area contributed by atoms with Crippen LogP contribution in [0.3, 0.4) is 0 Å². The van der Waals surface area contributed by atoms with Crippen molar-refractivity contribution in [3.05, 3.63) is 0 Å². The summed E-state index contributed by atoms with van der Waals surface area (Å²) in [6.07, 6.45) is 5.91. The van der Waals surface area contributed by atoms with E-state index in [4.69, 9.17) is 0 Å². The Bertz CT molecular complexity index is 179. The van der Waals surface area contributed by atoms with Crippen LogP contribution in [0.25, 0.3) is 0 Å². The molecule has 1 saturated heterocycles. The summed E-state index contributed by atoms with van der Waals surface area (Å²) in [5.74, 6) is 0.759. The SMILES string of the molecule is CC1CN([S+](C)[O-])CC12CCC2. The van der Waals surface area contributed by atoms with Gasteiger partial charge in [-0.05, 0) is 24.2 Å². The Morgan fingerprint density at radius 1 is 1.50 bits per heavy atom. The summed E-state index contributed by atoms with van der Waals surface area (Å²) < 4.78 is 13.4. The molecule has 0 amide bonds. The van der Waals surface area contributed by atoms with Gasteiger partial charge in [-0.15, -0.1) is 4.31 Å². The molecular weight excluding hydrogens is 170 g/mol. The predicted octanol–water partition coefficient (Wildman–Crippen LogP) is 1.40. The zero-order valence-corrected chi connectivity index (χ0v) is 8.69. The molecule has 1 aliphatic heterocycles. The van der Waals surface area contributed by atoms with Gasteiger partial charge in [-0.2, -0.15) is 0 Å². The summed E-state index contributed by atoms with van der Waals surface area (Å²) in [6, 6.07) is 0. The molecule has 70 valence electrons. The number of hydrogen-bond acceptors (Lipinski definition) is 2. The predicted molar refractivity (Wildman–Crippen MR) is 51.1 cm³/mol. The molecule has 1 heterocycles. The molecule has 2 aliphatic rings. The standard InChI is InChI=1S/C9H17NOS/c1-8-6-10(12(2)11)7-9(8)4-3-5-9/h8H,3-7H2,1-2H3. The van der Waals surface area contributed by atoms with Crippen LogP contribution >= 0.6 is 0 Å². The molecule has 2 atom stereocenters. The number of hydrogen-bond donors (Lipinski definition) is 0. The van der Waals surface area contributed by atoms with Gasteiger partial charge in [0, 0.05) is 17.9 Å². The van der Waals surface area contributed by atoms with Gasteiger partial charge in [-0.25, -0.2) is 0 Å². The fourth-order valence-corrected chi connectivity index (χ4v) is 3.42. The molecule has 2 fully saturated rings. The Morgan fingerprint density at radius 3 is 2.42 bits per heavy atom. The average Bonchev–Trinajstić information content (AvgIpc) is 2.25. The highest BCUT2D eigenvalue weighted by molar-refractivity contribution is 7.88.